The molecule has 8 nitrogen and oxygen atoms in total. The minimum absolute atomic E-state index is 0.0264. The summed E-state index contributed by atoms with van der Waals surface area (Å²) >= 11 is 0. The van der Waals surface area contributed by atoms with Gasteiger partial charge in [-0.25, -0.2) is 0 Å². The van der Waals surface area contributed by atoms with Crippen LogP contribution in [0, 0.1) is 13.8 Å². The summed E-state index contributed by atoms with van der Waals surface area (Å²) in [7, 11) is 3.74. The summed E-state index contributed by atoms with van der Waals surface area (Å²) in [6.07, 6.45) is 3.71. The van der Waals surface area contributed by atoms with E-state index in [1.807, 2.05) is 39.0 Å². The van der Waals surface area contributed by atoms with Crippen LogP contribution >= 0.6 is 0 Å². The summed E-state index contributed by atoms with van der Waals surface area (Å²) in [5, 5.41) is 24.5. The summed E-state index contributed by atoms with van der Waals surface area (Å²) < 4.78 is 1.74. The first-order chi connectivity index (χ1) is 9.93. The Morgan fingerprint density at radius 3 is 2.71 bits per heavy atom. The van der Waals surface area contributed by atoms with Crippen LogP contribution in [-0.2, 0) is 13.6 Å². The van der Waals surface area contributed by atoms with Gasteiger partial charge >= 0.3 is 0 Å². The number of aryl methyl sites for hydroxylation is 2. The second kappa shape index (κ2) is 5.78. The molecule has 2 rings (SSSR count). The summed E-state index contributed by atoms with van der Waals surface area (Å²) in [4.78, 5) is 1.89. The van der Waals surface area contributed by atoms with Crippen LogP contribution in [0.4, 0.5) is 5.82 Å². The molecule has 8 heteroatoms. The molecule has 0 radical (unpaired) electrons. The predicted molar refractivity (Wildman–Crippen MR) is 79.3 cm³/mol. The highest BCUT2D eigenvalue weighted by atomic mass is 16.4. The Balaban J connectivity index is 2.40. The van der Waals surface area contributed by atoms with E-state index in [2.05, 4.69) is 20.5 Å². The summed E-state index contributed by atoms with van der Waals surface area (Å²) in [5.41, 5.74) is 9.00. The molecule has 0 atom stereocenters. The highest BCUT2D eigenvalue weighted by Crippen LogP contribution is 2.22. The Morgan fingerprint density at radius 1 is 1.43 bits per heavy atom. The molecule has 21 heavy (non-hydrogen) atoms. The van der Waals surface area contributed by atoms with Crippen molar-refractivity contribution in [1.82, 2.24) is 20.0 Å². The summed E-state index contributed by atoms with van der Waals surface area (Å²) in [6.45, 7) is 4.30. The molecule has 0 aliphatic rings. The van der Waals surface area contributed by atoms with Gasteiger partial charge in [-0.1, -0.05) is 5.16 Å². The van der Waals surface area contributed by atoms with Gasteiger partial charge in [0.05, 0.1) is 17.5 Å². The van der Waals surface area contributed by atoms with Crippen molar-refractivity contribution in [2.75, 3.05) is 11.9 Å². The van der Waals surface area contributed by atoms with Gasteiger partial charge in [0.2, 0.25) is 0 Å². The average molecular weight is 289 g/mol. The van der Waals surface area contributed by atoms with Crippen molar-refractivity contribution in [2.24, 2.45) is 17.9 Å². The fraction of sp³-hybridized carbons (Fsp3) is 0.385. The van der Waals surface area contributed by atoms with Gasteiger partial charge in [-0.15, -0.1) is 5.10 Å². The number of aromatic nitrogens is 4. The molecule has 0 aliphatic carbocycles. The summed E-state index contributed by atoms with van der Waals surface area (Å²) in [6, 6.07) is 0. The van der Waals surface area contributed by atoms with Crippen LogP contribution in [0.1, 0.15) is 22.4 Å². The number of nitrogens with zero attached hydrogens (tertiary/aromatic N) is 6. The number of anilines is 1. The van der Waals surface area contributed by atoms with Gasteiger partial charge in [0.25, 0.3) is 0 Å². The largest absolute Gasteiger partial charge is 0.409 e. The Bertz CT molecular complexity index is 677. The molecule has 2 aromatic heterocycles. The van der Waals surface area contributed by atoms with Gasteiger partial charge in [0.15, 0.2) is 11.7 Å². The average Bonchev–Trinajstić information content (AvgIpc) is 2.85. The maximum absolute atomic E-state index is 8.99. The third-order valence-corrected chi connectivity index (χ3v) is 3.34. The number of nitrogens with two attached hydrogens (primary N) is 1. The lowest BCUT2D eigenvalue weighted by Gasteiger charge is -2.21. The lowest BCUT2D eigenvalue weighted by Crippen LogP contribution is -2.26. The van der Waals surface area contributed by atoms with E-state index in [-0.39, 0.29) is 5.84 Å². The van der Waals surface area contributed by atoms with E-state index in [1.54, 1.807) is 10.9 Å². The van der Waals surface area contributed by atoms with Gasteiger partial charge in [-0.2, -0.15) is 10.2 Å². The lowest BCUT2D eigenvalue weighted by atomic mass is 10.1. The van der Waals surface area contributed by atoms with Crippen LogP contribution < -0.4 is 10.6 Å². The Labute approximate surface area is 122 Å². The molecule has 0 aliphatic heterocycles. The highest BCUT2D eigenvalue weighted by molar-refractivity contribution is 6.02. The van der Waals surface area contributed by atoms with Crippen LogP contribution in [0.5, 0.6) is 0 Å². The second-order valence-electron chi connectivity index (χ2n) is 4.97. The van der Waals surface area contributed by atoms with Crippen LogP contribution in [0.2, 0.25) is 0 Å². The molecule has 0 amide bonds. The molecule has 0 saturated carbocycles. The minimum atomic E-state index is 0.0264. The van der Waals surface area contributed by atoms with Crippen molar-refractivity contribution in [2.45, 2.75) is 20.4 Å². The normalized spacial score (nSPS) is 11.7. The first kappa shape index (κ1) is 14.8. The van der Waals surface area contributed by atoms with Gasteiger partial charge in [0.1, 0.15) is 0 Å². The van der Waals surface area contributed by atoms with E-state index in [0.717, 1.165) is 16.8 Å². The van der Waals surface area contributed by atoms with Crippen molar-refractivity contribution < 1.29 is 5.21 Å². The first-order valence-corrected chi connectivity index (χ1v) is 6.44. The zero-order chi connectivity index (χ0) is 15.6. The van der Waals surface area contributed by atoms with Gasteiger partial charge in [0, 0.05) is 32.4 Å². The Morgan fingerprint density at radius 2 is 2.14 bits per heavy atom. The predicted octanol–water partition coefficient (Wildman–Crippen LogP) is 0.558. The number of hydrogen-bond donors (Lipinski definition) is 2. The van der Waals surface area contributed by atoms with Gasteiger partial charge in [-0.05, 0) is 19.4 Å². The molecule has 0 aromatic carbocycles. The molecule has 0 fully saturated rings. The van der Waals surface area contributed by atoms with E-state index in [0.29, 0.717) is 17.9 Å². The smallest absolute Gasteiger partial charge is 0.174 e. The Kier molecular flexibility index (Phi) is 4.06. The molecule has 112 valence electrons. The van der Waals surface area contributed by atoms with Crippen LogP contribution in [0.3, 0.4) is 0 Å². The fourth-order valence-corrected chi connectivity index (χ4v) is 2.12. The number of hydrogen-bond acceptors (Lipinski definition) is 6. The zero-order valence-electron chi connectivity index (χ0n) is 12.6. The summed E-state index contributed by atoms with van der Waals surface area (Å²) in [5.74, 6) is 0.593. The van der Waals surface area contributed by atoms with Crippen molar-refractivity contribution in [3.05, 3.63) is 34.8 Å². The molecule has 3 N–H and O–H groups in total. The highest BCUT2D eigenvalue weighted by Gasteiger charge is 2.18. The number of rotatable bonds is 4. The van der Waals surface area contributed by atoms with Gasteiger partial charge < -0.3 is 15.8 Å². The number of amidine groups is 1. The van der Waals surface area contributed by atoms with Crippen LogP contribution in [0.25, 0.3) is 0 Å². The minimum Gasteiger partial charge on any atom is -0.409 e. The van der Waals surface area contributed by atoms with Crippen molar-refractivity contribution in [3.8, 4) is 0 Å². The lowest BCUT2D eigenvalue weighted by molar-refractivity contribution is 0.318. The number of oxime groups is 1. The van der Waals surface area contributed by atoms with E-state index in [4.69, 9.17) is 10.9 Å². The quantitative estimate of drug-likeness (QED) is 0.369. The van der Waals surface area contributed by atoms with Crippen LogP contribution in [0.15, 0.2) is 17.5 Å². The Hall–Kier alpha value is -2.64. The van der Waals surface area contributed by atoms with Crippen molar-refractivity contribution in [1.29, 1.82) is 0 Å². The molecule has 0 bridgehead atoms. The molecule has 0 unspecified atom stereocenters. The molecule has 0 saturated heterocycles. The zero-order valence-corrected chi connectivity index (χ0v) is 12.6. The fourth-order valence-electron chi connectivity index (χ4n) is 2.12. The van der Waals surface area contributed by atoms with Crippen molar-refractivity contribution in [3.63, 3.8) is 0 Å². The third-order valence-electron chi connectivity index (χ3n) is 3.34. The molecule has 0 spiro atoms. The SMILES string of the molecule is Cc1nnc(N(C)Cc2cnn(C)c2)c(C(N)=NO)c1C. The van der Waals surface area contributed by atoms with Crippen LogP contribution in [-0.4, -0.2) is 38.1 Å². The molecular weight excluding hydrogens is 270 g/mol. The monoisotopic (exact) mass is 289 g/mol. The standard InChI is InChI=1S/C13H19N7O/c1-8-9(2)16-17-13(11(8)12(14)18-21)19(3)6-10-5-15-20(4)7-10/h5,7,21H,6H2,1-4H3,(H2,14,18). The maximum Gasteiger partial charge on any atom is 0.174 e. The first-order valence-electron chi connectivity index (χ1n) is 6.44. The molecule has 2 aromatic rings. The van der Waals surface area contributed by atoms with E-state index in [1.165, 1.54) is 0 Å². The van der Waals surface area contributed by atoms with Gasteiger partial charge in [-0.3, -0.25) is 4.68 Å². The second-order valence-corrected chi connectivity index (χ2v) is 4.97. The topological polar surface area (TPSA) is 105 Å². The van der Waals surface area contributed by atoms with E-state index < -0.39 is 0 Å². The van der Waals surface area contributed by atoms with E-state index >= 15 is 0 Å². The van der Waals surface area contributed by atoms with Crippen molar-refractivity contribution >= 4 is 11.7 Å². The maximum atomic E-state index is 8.99. The van der Waals surface area contributed by atoms with E-state index in [9.17, 15) is 0 Å². The third kappa shape index (κ3) is 2.93. The molecular formula is C13H19N7O. The molecule has 2 heterocycles.